The molecule has 1 aromatic rings. The van der Waals surface area contributed by atoms with Crippen LogP contribution in [0, 0.1) is 0 Å². The number of carbonyl (C=O) groups excluding carboxylic acids is 2. The zero-order chi connectivity index (χ0) is 14.4. The molecule has 1 aliphatic rings. The Morgan fingerprint density at radius 2 is 1.95 bits per heavy atom. The lowest BCUT2D eigenvalue weighted by atomic mass is 10.2. The molecule has 6 nitrogen and oxygen atoms in total. The van der Waals surface area contributed by atoms with Gasteiger partial charge in [0.1, 0.15) is 13.3 Å². The first kappa shape index (κ1) is 14.5. The van der Waals surface area contributed by atoms with Crippen molar-refractivity contribution in [3.05, 3.63) is 35.9 Å². The highest BCUT2D eigenvalue weighted by atomic mass is 16.6. The van der Waals surface area contributed by atoms with E-state index in [1.165, 1.54) is 0 Å². The Bertz CT molecular complexity index is 471. The second-order valence-corrected chi connectivity index (χ2v) is 4.65. The number of hydrogen-bond acceptors (Lipinski definition) is 5. The van der Waals surface area contributed by atoms with Crippen molar-refractivity contribution in [2.75, 3.05) is 13.3 Å². The molecular formula is C14H18N2O4. The van der Waals surface area contributed by atoms with Crippen molar-refractivity contribution in [3.63, 3.8) is 0 Å². The van der Waals surface area contributed by atoms with Crippen LogP contribution in [0.2, 0.25) is 0 Å². The number of nitrogens with two attached hydrogens (primary N) is 1. The summed E-state index contributed by atoms with van der Waals surface area (Å²) in [7, 11) is 0. The van der Waals surface area contributed by atoms with Gasteiger partial charge >= 0.3 is 5.97 Å². The molecule has 3 N–H and O–H groups in total. The maximum Gasteiger partial charge on any atom is 0.338 e. The molecule has 0 spiro atoms. The zero-order valence-corrected chi connectivity index (χ0v) is 11.1. The van der Waals surface area contributed by atoms with Crippen LogP contribution in [0.4, 0.5) is 0 Å². The van der Waals surface area contributed by atoms with Crippen molar-refractivity contribution in [3.8, 4) is 0 Å². The first-order valence-corrected chi connectivity index (χ1v) is 6.48. The Morgan fingerprint density at radius 1 is 1.25 bits per heavy atom. The van der Waals surface area contributed by atoms with Crippen molar-refractivity contribution in [1.29, 1.82) is 0 Å². The number of benzene rings is 1. The average molecular weight is 278 g/mol. The summed E-state index contributed by atoms with van der Waals surface area (Å²) in [6.07, 6.45) is 1.22. The van der Waals surface area contributed by atoms with Gasteiger partial charge in [-0.05, 0) is 18.4 Å². The molecule has 0 radical (unpaired) electrons. The van der Waals surface area contributed by atoms with Gasteiger partial charge in [-0.15, -0.1) is 0 Å². The van der Waals surface area contributed by atoms with Crippen LogP contribution in [0.1, 0.15) is 18.4 Å². The van der Waals surface area contributed by atoms with E-state index in [2.05, 4.69) is 5.32 Å². The second kappa shape index (κ2) is 6.49. The predicted molar refractivity (Wildman–Crippen MR) is 71.4 cm³/mol. The van der Waals surface area contributed by atoms with E-state index in [1.54, 1.807) is 0 Å². The van der Waals surface area contributed by atoms with Gasteiger partial charge in [0, 0.05) is 0 Å². The molecule has 6 heteroatoms. The standard InChI is InChI=1S/C14H18N2O4/c15-8-12(17)16-10-20-14(6-7-14)13(18)19-9-11-4-2-1-3-5-11/h1-5H,6-10,15H2,(H,16,17). The molecule has 0 unspecified atom stereocenters. The van der Waals surface area contributed by atoms with Crippen LogP contribution in [-0.2, 0) is 25.7 Å². The topological polar surface area (TPSA) is 90.7 Å². The quantitative estimate of drug-likeness (QED) is 0.553. The van der Waals surface area contributed by atoms with E-state index in [0.29, 0.717) is 12.8 Å². The molecular weight excluding hydrogens is 260 g/mol. The molecule has 1 aromatic carbocycles. The summed E-state index contributed by atoms with van der Waals surface area (Å²) in [6, 6.07) is 9.44. The van der Waals surface area contributed by atoms with Gasteiger partial charge in [-0.1, -0.05) is 30.3 Å². The normalized spacial score (nSPS) is 15.4. The van der Waals surface area contributed by atoms with Crippen molar-refractivity contribution < 1.29 is 19.1 Å². The summed E-state index contributed by atoms with van der Waals surface area (Å²) in [6.45, 7) is 0.0885. The minimum Gasteiger partial charge on any atom is -0.459 e. The number of nitrogens with one attached hydrogen (secondary N) is 1. The Hall–Kier alpha value is -1.92. The van der Waals surface area contributed by atoms with E-state index in [1.807, 2.05) is 30.3 Å². The third-order valence-electron chi connectivity index (χ3n) is 3.09. The number of hydrogen-bond donors (Lipinski definition) is 2. The van der Waals surface area contributed by atoms with Crippen molar-refractivity contribution >= 4 is 11.9 Å². The van der Waals surface area contributed by atoms with E-state index in [4.69, 9.17) is 15.2 Å². The molecule has 1 amide bonds. The lowest BCUT2D eigenvalue weighted by Crippen LogP contribution is -2.37. The van der Waals surface area contributed by atoms with Gasteiger partial charge in [0.15, 0.2) is 5.60 Å². The fourth-order valence-corrected chi connectivity index (χ4v) is 1.70. The fourth-order valence-electron chi connectivity index (χ4n) is 1.70. The first-order valence-electron chi connectivity index (χ1n) is 6.48. The molecule has 1 saturated carbocycles. The molecule has 0 atom stereocenters. The predicted octanol–water partition coefficient (Wildman–Crippen LogP) is 0.311. The summed E-state index contributed by atoms with van der Waals surface area (Å²) in [5.41, 5.74) is 5.18. The lowest BCUT2D eigenvalue weighted by molar-refractivity contribution is -0.163. The highest BCUT2D eigenvalue weighted by molar-refractivity contribution is 5.83. The monoisotopic (exact) mass is 278 g/mol. The molecule has 1 aliphatic carbocycles. The van der Waals surface area contributed by atoms with Crippen LogP contribution >= 0.6 is 0 Å². The Kier molecular flexibility index (Phi) is 4.70. The summed E-state index contributed by atoms with van der Waals surface area (Å²) in [5.74, 6) is -0.707. The van der Waals surface area contributed by atoms with Crippen LogP contribution in [0.25, 0.3) is 0 Å². The molecule has 20 heavy (non-hydrogen) atoms. The average Bonchev–Trinajstić information content (AvgIpc) is 3.26. The second-order valence-electron chi connectivity index (χ2n) is 4.65. The number of carbonyl (C=O) groups is 2. The molecule has 0 bridgehead atoms. The van der Waals surface area contributed by atoms with Gasteiger partial charge in [0.2, 0.25) is 5.91 Å². The molecule has 0 aromatic heterocycles. The minimum atomic E-state index is -0.892. The SMILES string of the molecule is NCC(=O)NCOC1(C(=O)OCc2ccccc2)CC1. The molecule has 0 aliphatic heterocycles. The van der Waals surface area contributed by atoms with Crippen LogP contribution in [-0.4, -0.2) is 30.8 Å². The van der Waals surface area contributed by atoms with E-state index in [9.17, 15) is 9.59 Å². The summed E-state index contributed by atoms with van der Waals surface area (Å²) >= 11 is 0. The number of amides is 1. The Labute approximate surface area is 117 Å². The Morgan fingerprint density at radius 3 is 2.55 bits per heavy atom. The summed E-state index contributed by atoms with van der Waals surface area (Å²) in [4.78, 5) is 22.9. The maximum absolute atomic E-state index is 12.0. The Balaban J connectivity index is 1.75. The fraction of sp³-hybridized carbons (Fsp3) is 0.429. The summed E-state index contributed by atoms with van der Waals surface area (Å²) < 4.78 is 10.6. The first-order chi connectivity index (χ1) is 9.66. The highest BCUT2D eigenvalue weighted by Gasteiger charge is 2.53. The van der Waals surface area contributed by atoms with E-state index < -0.39 is 5.60 Å². The van der Waals surface area contributed by atoms with E-state index >= 15 is 0 Å². The van der Waals surface area contributed by atoms with Crippen molar-refractivity contribution in [2.45, 2.75) is 25.0 Å². The van der Waals surface area contributed by atoms with Crippen LogP contribution < -0.4 is 11.1 Å². The smallest absolute Gasteiger partial charge is 0.338 e. The zero-order valence-electron chi connectivity index (χ0n) is 11.1. The van der Waals surface area contributed by atoms with Gasteiger partial charge in [-0.25, -0.2) is 4.79 Å². The van der Waals surface area contributed by atoms with Crippen LogP contribution in [0.15, 0.2) is 30.3 Å². The molecule has 1 fully saturated rings. The molecule has 108 valence electrons. The largest absolute Gasteiger partial charge is 0.459 e. The number of esters is 1. The molecule has 2 rings (SSSR count). The van der Waals surface area contributed by atoms with Crippen molar-refractivity contribution in [1.82, 2.24) is 5.32 Å². The molecule has 0 heterocycles. The maximum atomic E-state index is 12.0. The van der Waals surface area contributed by atoms with Gasteiger partial charge in [-0.2, -0.15) is 0 Å². The van der Waals surface area contributed by atoms with Crippen LogP contribution in [0.5, 0.6) is 0 Å². The summed E-state index contributed by atoms with van der Waals surface area (Å²) in [5, 5.41) is 2.46. The lowest BCUT2D eigenvalue weighted by Gasteiger charge is -2.15. The van der Waals surface area contributed by atoms with Gasteiger partial charge in [-0.3, -0.25) is 4.79 Å². The van der Waals surface area contributed by atoms with Gasteiger partial charge in [0.25, 0.3) is 0 Å². The van der Waals surface area contributed by atoms with E-state index in [-0.39, 0.29) is 31.8 Å². The number of ether oxygens (including phenoxy) is 2. The highest BCUT2D eigenvalue weighted by Crippen LogP contribution is 2.40. The molecule has 0 saturated heterocycles. The minimum absolute atomic E-state index is 0.0313. The third-order valence-corrected chi connectivity index (χ3v) is 3.09. The van der Waals surface area contributed by atoms with Crippen molar-refractivity contribution in [2.24, 2.45) is 5.73 Å². The van der Waals surface area contributed by atoms with Gasteiger partial charge < -0.3 is 20.5 Å². The van der Waals surface area contributed by atoms with Gasteiger partial charge in [0.05, 0.1) is 6.54 Å². The van der Waals surface area contributed by atoms with Crippen LogP contribution in [0.3, 0.4) is 0 Å². The van der Waals surface area contributed by atoms with E-state index in [0.717, 1.165) is 5.56 Å². The number of rotatable bonds is 7. The third kappa shape index (κ3) is 3.79.